The molecule has 2 rings (SSSR count). The normalized spacial score (nSPS) is 11.0. The fourth-order valence-corrected chi connectivity index (χ4v) is 3.42. The van der Waals surface area contributed by atoms with Crippen molar-refractivity contribution in [2.75, 3.05) is 6.54 Å². The van der Waals surface area contributed by atoms with Gasteiger partial charge in [0.25, 0.3) is 0 Å². The molecule has 2 aromatic rings. The molecule has 20 heavy (non-hydrogen) atoms. The molecule has 0 aliphatic heterocycles. The summed E-state index contributed by atoms with van der Waals surface area (Å²) in [5, 5.41) is 9.04. The Morgan fingerprint density at radius 1 is 1.35 bits per heavy atom. The minimum atomic E-state index is 0.895. The smallest absolute Gasteiger partial charge is 0.0987 e. The van der Waals surface area contributed by atoms with E-state index in [9.17, 15) is 0 Å². The van der Waals surface area contributed by atoms with Crippen LogP contribution in [0.3, 0.4) is 0 Å². The zero-order chi connectivity index (χ0) is 14.5. The van der Waals surface area contributed by atoms with Gasteiger partial charge in [-0.05, 0) is 49.7 Å². The van der Waals surface area contributed by atoms with Gasteiger partial charge in [-0.3, -0.25) is 4.68 Å². The molecule has 108 valence electrons. The average molecular weight is 354 g/mol. The van der Waals surface area contributed by atoms with Gasteiger partial charge < -0.3 is 5.32 Å². The molecule has 0 atom stereocenters. The fraction of sp³-hybridized carbons (Fsp3) is 0.400. The summed E-state index contributed by atoms with van der Waals surface area (Å²) < 4.78 is 3.06. The number of rotatable bonds is 6. The first-order valence-corrected chi connectivity index (χ1v) is 8.38. The van der Waals surface area contributed by atoms with Crippen LogP contribution in [0.15, 0.2) is 38.7 Å². The van der Waals surface area contributed by atoms with Gasteiger partial charge in [0.15, 0.2) is 0 Å². The van der Waals surface area contributed by atoms with Crippen molar-refractivity contribution in [1.29, 1.82) is 0 Å². The van der Waals surface area contributed by atoms with Gasteiger partial charge in [-0.15, -0.1) is 0 Å². The Labute approximate surface area is 133 Å². The van der Waals surface area contributed by atoms with E-state index in [0.29, 0.717) is 0 Å². The summed E-state index contributed by atoms with van der Waals surface area (Å²) in [4.78, 5) is 1.28. The van der Waals surface area contributed by atoms with E-state index in [1.165, 1.54) is 15.5 Å². The molecule has 0 amide bonds. The van der Waals surface area contributed by atoms with Crippen molar-refractivity contribution >= 4 is 27.7 Å². The molecule has 0 aliphatic carbocycles. The fourth-order valence-electron chi connectivity index (χ4n) is 1.98. The van der Waals surface area contributed by atoms with Gasteiger partial charge in [0.2, 0.25) is 0 Å². The summed E-state index contributed by atoms with van der Waals surface area (Å²) in [7, 11) is 1.99. The van der Waals surface area contributed by atoms with Crippen LogP contribution in [0.5, 0.6) is 0 Å². The Morgan fingerprint density at radius 2 is 2.15 bits per heavy atom. The van der Waals surface area contributed by atoms with E-state index in [-0.39, 0.29) is 0 Å². The molecule has 1 heterocycles. The lowest BCUT2D eigenvalue weighted by molar-refractivity contribution is 0.668. The Hall–Kier alpha value is -0.780. The minimum Gasteiger partial charge on any atom is -0.313 e. The number of hydrogen-bond acceptors (Lipinski definition) is 3. The molecular formula is C15H20BrN3S. The molecule has 3 nitrogen and oxygen atoms in total. The number of nitrogens with zero attached hydrogens (tertiary/aromatic N) is 2. The topological polar surface area (TPSA) is 29.9 Å². The molecule has 0 aliphatic rings. The van der Waals surface area contributed by atoms with Crippen molar-refractivity contribution in [3.63, 3.8) is 0 Å². The number of aryl methyl sites for hydroxylation is 2. The monoisotopic (exact) mass is 353 g/mol. The number of halogens is 1. The van der Waals surface area contributed by atoms with Gasteiger partial charge >= 0.3 is 0 Å². The van der Waals surface area contributed by atoms with Crippen molar-refractivity contribution in [2.24, 2.45) is 7.05 Å². The largest absolute Gasteiger partial charge is 0.313 e. The summed E-state index contributed by atoms with van der Waals surface area (Å²) in [5.41, 5.74) is 2.37. The van der Waals surface area contributed by atoms with Crippen LogP contribution in [0.4, 0.5) is 0 Å². The van der Waals surface area contributed by atoms with Crippen LogP contribution in [0.25, 0.3) is 0 Å². The Morgan fingerprint density at radius 3 is 2.80 bits per heavy atom. The second-order valence-electron chi connectivity index (χ2n) is 4.78. The zero-order valence-electron chi connectivity index (χ0n) is 12.1. The number of nitrogens with one attached hydrogen (secondary N) is 1. The lowest BCUT2D eigenvalue weighted by atomic mass is 10.2. The molecule has 1 N–H and O–H groups in total. The Bertz CT molecular complexity index is 580. The average Bonchev–Trinajstić information content (AvgIpc) is 2.71. The minimum absolute atomic E-state index is 0.895. The van der Waals surface area contributed by atoms with Gasteiger partial charge in [-0.1, -0.05) is 34.6 Å². The number of benzene rings is 1. The predicted octanol–water partition coefficient (Wildman–Crippen LogP) is 4.14. The maximum atomic E-state index is 4.40. The molecule has 1 aromatic carbocycles. The third-order valence-corrected chi connectivity index (χ3v) is 4.64. The van der Waals surface area contributed by atoms with Gasteiger partial charge in [0.05, 0.1) is 10.7 Å². The zero-order valence-corrected chi connectivity index (χ0v) is 14.5. The molecule has 0 saturated heterocycles. The van der Waals surface area contributed by atoms with E-state index < -0.39 is 0 Å². The van der Waals surface area contributed by atoms with Gasteiger partial charge in [0, 0.05) is 23.0 Å². The van der Waals surface area contributed by atoms with E-state index in [2.05, 4.69) is 57.5 Å². The van der Waals surface area contributed by atoms with E-state index >= 15 is 0 Å². The molecule has 5 heteroatoms. The lowest BCUT2D eigenvalue weighted by Crippen LogP contribution is -2.14. The lowest BCUT2D eigenvalue weighted by Gasteiger charge is -2.11. The van der Waals surface area contributed by atoms with Crippen LogP contribution < -0.4 is 5.32 Å². The van der Waals surface area contributed by atoms with Crippen LogP contribution in [0.1, 0.15) is 24.6 Å². The maximum absolute atomic E-state index is 4.40. The number of hydrogen-bond donors (Lipinski definition) is 1. The van der Waals surface area contributed by atoms with Crippen molar-refractivity contribution in [1.82, 2.24) is 15.1 Å². The molecule has 0 saturated carbocycles. The molecule has 0 fully saturated rings. The maximum Gasteiger partial charge on any atom is 0.0987 e. The van der Waals surface area contributed by atoms with Crippen molar-refractivity contribution in [3.8, 4) is 0 Å². The van der Waals surface area contributed by atoms with Crippen LogP contribution in [-0.4, -0.2) is 16.3 Å². The summed E-state index contributed by atoms with van der Waals surface area (Å²) in [6.07, 6.45) is 1.15. The summed E-state index contributed by atoms with van der Waals surface area (Å²) >= 11 is 5.32. The first-order chi connectivity index (χ1) is 9.60. The van der Waals surface area contributed by atoms with Crippen molar-refractivity contribution in [2.45, 2.75) is 36.7 Å². The summed E-state index contributed by atoms with van der Waals surface area (Å²) in [6.45, 7) is 6.14. The highest BCUT2D eigenvalue weighted by atomic mass is 79.9. The summed E-state index contributed by atoms with van der Waals surface area (Å²) in [6, 6.07) is 8.57. The van der Waals surface area contributed by atoms with Crippen LogP contribution in [0.2, 0.25) is 0 Å². The standard InChI is InChI=1S/C15H20BrN3S/c1-4-7-17-10-12-9-13(16)5-6-14(12)20-15-8-11(2)18-19(15)3/h5-6,8-9,17H,4,7,10H2,1-3H3. The highest BCUT2D eigenvalue weighted by Gasteiger charge is 2.09. The van der Waals surface area contributed by atoms with Crippen LogP contribution >= 0.6 is 27.7 Å². The SMILES string of the molecule is CCCNCc1cc(Br)ccc1Sc1cc(C)nn1C. The third kappa shape index (κ3) is 4.11. The van der Waals surface area contributed by atoms with Crippen molar-refractivity contribution < 1.29 is 0 Å². The third-order valence-electron chi connectivity index (χ3n) is 2.94. The Kier molecular flexibility index (Phi) is 5.69. The van der Waals surface area contributed by atoms with E-state index in [1.807, 2.05) is 18.7 Å². The van der Waals surface area contributed by atoms with E-state index in [4.69, 9.17) is 0 Å². The van der Waals surface area contributed by atoms with Gasteiger partial charge in [-0.25, -0.2) is 0 Å². The highest BCUT2D eigenvalue weighted by Crippen LogP contribution is 2.32. The predicted molar refractivity (Wildman–Crippen MR) is 88.2 cm³/mol. The number of aromatic nitrogens is 2. The van der Waals surface area contributed by atoms with Gasteiger partial charge in [-0.2, -0.15) is 5.10 Å². The molecule has 0 radical (unpaired) electrons. The van der Waals surface area contributed by atoms with Gasteiger partial charge in [0.1, 0.15) is 0 Å². The van der Waals surface area contributed by atoms with Crippen LogP contribution in [0, 0.1) is 6.92 Å². The molecular weight excluding hydrogens is 334 g/mol. The first kappa shape index (κ1) is 15.6. The molecule has 1 aromatic heterocycles. The second-order valence-corrected chi connectivity index (χ2v) is 6.76. The quantitative estimate of drug-likeness (QED) is 0.791. The van der Waals surface area contributed by atoms with Crippen molar-refractivity contribution in [3.05, 3.63) is 40.0 Å². The summed E-state index contributed by atoms with van der Waals surface area (Å²) in [5.74, 6) is 0. The Balaban J connectivity index is 2.19. The van der Waals surface area contributed by atoms with E-state index in [1.54, 1.807) is 11.8 Å². The molecule has 0 spiro atoms. The van der Waals surface area contributed by atoms with Crippen LogP contribution in [-0.2, 0) is 13.6 Å². The highest BCUT2D eigenvalue weighted by molar-refractivity contribution is 9.10. The second kappa shape index (κ2) is 7.29. The molecule has 0 unspecified atom stereocenters. The first-order valence-electron chi connectivity index (χ1n) is 6.77. The molecule has 0 bridgehead atoms. The van der Waals surface area contributed by atoms with E-state index in [0.717, 1.165) is 29.7 Å².